The average molecular weight is 371 g/mol. The first-order chi connectivity index (χ1) is 12.0. The lowest BCUT2D eigenvalue weighted by Gasteiger charge is -2.31. The number of imide groups is 1. The summed E-state index contributed by atoms with van der Waals surface area (Å²) in [6, 6.07) is 6.03. The van der Waals surface area contributed by atoms with Crippen molar-refractivity contribution in [3.05, 3.63) is 35.9 Å². The van der Waals surface area contributed by atoms with Crippen LogP contribution < -0.4 is 10.6 Å². The first-order valence-electron chi connectivity index (χ1n) is 8.08. The second-order valence-corrected chi connectivity index (χ2v) is 6.59. The van der Waals surface area contributed by atoms with Crippen LogP contribution in [0.5, 0.6) is 0 Å². The van der Waals surface area contributed by atoms with Crippen LogP contribution in [0.25, 0.3) is 0 Å². The molecule has 1 aliphatic rings. The lowest BCUT2D eigenvalue weighted by Crippen LogP contribution is -2.69. The minimum Gasteiger partial charge on any atom is -0.318 e. The van der Waals surface area contributed by atoms with Crippen LogP contribution in [0.1, 0.15) is 38.8 Å². The minimum absolute atomic E-state index is 0.213. The molecule has 9 heteroatoms. The van der Waals surface area contributed by atoms with Gasteiger partial charge < -0.3 is 5.32 Å². The Morgan fingerprint density at radius 2 is 1.77 bits per heavy atom. The molecule has 26 heavy (non-hydrogen) atoms. The highest BCUT2D eigenvalue weighted by atomic mass is 19.4. The number of nitrogens with zero attached hydrogens (tertiary/aromatic N) is 1. The van der Waals surface area contributed by atoms with E-state index >= 15 is 0 Å². The van der Waals surface area contributed by atoms with Gasteiger partial charge in [0.15, 0.2) is 0 Å². The Labute approximate surface area is 148 Å². The monoisotopic (exact) mass is 371 g/mol. The summed E-state index contributed by atoms with van der Waals surface area (Å²) in [5, 5.41) is 3.34. The molecule has 0 aromatic heterocycles. The van der Waals surface area contributed by atoms with Gasteiger partial charge in [-0.05, 0) is 18.4 Å². The van der Waals surface area contributed by atoms with Gasteiger partial charge in [-0.1, -0.05) is 44.2 Å². The Bertz CT molecular complexity index is 706. The van der Waals surface area contributed by atoms with Crippen molar-refractivity contribution in [1.82, 2.24) is 15.5 Å². The van der Waals surface area contributed by atoms with Crippen molar-refractivity contribution in [2.45, 2.75) is 45.1 Å². The maximum absolute atomic E-state index is 13.7. The first kappa shape index (κ1) is 19.7. The van der Waals surface area contributed by atoms with E-state index in [1.807, 2.05) is 0 Å². The molecular weight excluding hydrogens is 351 g/mol. The third kappa shape index (κ3) is 3.51. The molecule has 0 radical (unpaired) electrons. The van der Waals surface area contributed by atoms with Gasteiger partial charge in [-0.2, -0.15) is 13.2 Å². The predicted molar refractivity (Wildman–Crippen MR) is 86.6 cm³/mol. The molecule has 2 N–H and O–H groups in total. The zero-order valence-electron chi connectivity index (χ0n) is 14.6. The molecule has 6 nitrogen and oxygen atoms in total. The molecule has 0 aliphatic carbocycles. The fourth-order valence-corrected chi connectivity index (χ4v) is 2.76. The van der Waals surface area contributed by atoms with Gasteiger partial charge in [0.1, 0.15) is 0 Å². The Hall–Kier alpha value is -2.58. The van der Waals surface area contributed by atoms with Crippen LogP contribution in [0.2, 0.25) is 0 Å². The lowest BCUT2D eigenvalue weighted by atomic mass is 10.0. The molecule has 0 unspecified atom stereocenters. The number of urea groups is 1. The summed E-state index contributed by atoms with van der Waals surface area (Å²) in [6.07, 6.45) is -5.41. The topological polar surface area (TPSA) is 78.5 Å². The van der Waals surface area contributed by atoms with Gasteiger partial charge in [0.05, 0.1) is 6.04 Å². The second kappa shape index (κ2) is 6.97. The molecule has 1 aromatic carbocycles. The highest BCUT2D eigenvalue weighted by Crippen LogP contribution is 2.37. The van der Waals surface area contributed by atoms with E-state index in [1.54, 1.807) is 54.8 Å². The molecule has 142 valence electrons. The molecule has 1 fully saturated rings. The number of nitrogens with one attached hydrogen (secondary N) is 2. The van der Waals surface area contributed by atoms with Crippen LogP contribution in [0.15, 0.2) is 30.3 Å². The maximum Gasteiger partial charge on any atom is 0.440 e. The molecule has 0 bridgehead atoms. The number of alkyl halides is 3. The van der Waals surface area contributed by atoms with E-state index in [9.17, 15) is 27.6 Å². The van der Waals surface area contributed by atoms with Crippen molar-refractivity contribution in [2.75, 3.05) is 0 Å². The molecule has 1 aromatic rings. The van der Waals surface area contributed by atoms with Crippen LogP contribution >= 0.6 is 0 Å². The fourth-order valence-electron chi connectivity index (χ4n) is 2.76. The number of carbonyl (C=O) groups excluding carboxylic acids is 3. The third-order valence-electron chi connectivity index (χ3n) is 4.07. The van der Waals surface area contributed by atoms with E-state index < -0.39 is 35.7 Å². The van der Waals surface area contributed by atoms with Crippen molar-refractivity contribution in [3.8, 4) is 0 Å². The number of carbonyl (C=O) groups is 3. The van der Waals surface area contributed by atoms with E-state index in [1.165, 1.54) is 6.92 Å². The van der Waals surface area contributed by atoms with Crippen molar-refractivity contribution >= 4 is 17.8 Å². The normalized spacial score (nSPS) is 21.7. The molecule has 1 heterocycles. The van der Waals surface area contributed by atoms with Gasteiger partial charge in [-0.25, -0.2) is 4.79 Å². The zero-order valence-corrected chi connectivity index (χ0v) is 14.6. The highest BCUT2D eigenvalue weighted by Gasteiger charge is 2.69. The Kier molecular flexibility index (Phi) is 5.29. The van der Waals surface area contributed by atoms with Crippen molar-refractivity contribution in [1.29, 1.82) is 0 Å². The number of halogens is 3. The number of rotatable bonds is 5. The maximum atomic E-state index is 13.7. The molecule has 1 saturated heterocycles. The quantitative estimate of drug-likeness (QED) is 0.782. The molecule has 2 rings (SSSR count). The molecule has 0 spiro atoms. The lowest BCUT2D eigenvalue weighted by molar-refractivity contribution is -0.204. The number of hydrogen-bond acceptors (Lipinski definition) is 3. The highest BCUT2D eigenvalue weighted by molar-refractivity contribution is 6.09. The van der Waals surface area contributed by atoms with Crippen LogP contribution in [0, 0.1) is 5.92 Å². The molecule has 4 amide bonds. The largest absolute Gasteiger partial charge is 0.440 e. The molecular formula is C17H20F3N3O3. The van der Waals surface area contributed by atoms with Crippen LogP contribution in [0.3, 0.4) is 0 Å². The van der Waals surface area contributed by atoms with E-state index in [-0.39, 0.29) is 12.3 Å². The summed E-state index contributed by atoms with van der Waals surface area (Å²) in [7, 11) is 0. The van der Waals surface area contributed by atoms with E-state index in [0.29, 0.717) is 10.5 Å². The second-order valence-electron chi connectivity index (χ2n) is 6.59. The SMILES string of the molecule is CC(C)CC(=O)N[C@]1(C(F)(F)F)NC(=O)N([C@@H](C)c2ccccc2)C1=O. The summed E-state index contributed by atoms with van der Waals surface area (Å²) in [5.41, 5.74) is -2.97. The van der Waals surface area contributed by atoms with Gasteiger partial charge in [-0.3, -0.25) is 19.8 Å². The van der Waals surface area contributed by atoms with Crippen molar-refractivity contribution < 1.29 is 27.6 Å². The number of benzene rings is 1. The van der Waals surface area contributed by atoms with Crippen LogP contribution in [0.4, 0.5) is 18.0 Å². The van der Waals surface area contributed by atoms with Crippen LogP contribution in [-0.2, 0) is 9.59 Å². The molecule has 1 aliphatic heterocycles. The summed E-state index contributed by atoms with van der Waals surface area (Å²) in [6.45, 7) is 4.74. The van der Waals surface area contributed by atoms with Crippen molar-refractivity contribution in [3.63, 3.8) is 0 Å². The fraction of sp³-hybridized carbons (Fsp3) is 0.471. The summed E-state index contributed by atoms with van der Waals surface area (Å²) in [4.78, 5) is 37.2. The van der Waals surface area contributed by atoms with Gasteiger partial charge in [-0.15, -0.1) is 0 Å². The summed E-state index contributed by atoms with van der Waals surface area (Å²) < 4.78 is 41.1. The van der Waals surface area contributed by atoms with Gasteiger partial charge in [0.25, 0.3) is 11.6 Å². The first-order valence-corrected chi connectivity index (χ1v) is 8.08. The zero-order chi connectivity index (χ0) is 19.7. The smallest absolute Gasteiger partial charge is 0.318 e. The number of amides is 4. The molecule has 2 atom stereocenters. The summed E-state index contributed by atoms with van der Waals surface area (Å²) >= 11 is 0. The van der Waals surface area contributed by atoms with Crippen LogP contribution in [-0.4, -0.2) is 34.6 Å². The van der Waals surface area contributed by atoms with E-state index in [4.69, 9.17) is 0 Å². The van der Waals surface area contributed by atoms with Gasteiger partial charge in [0.2, 0.25) is 5.91 Å². The molecule has 0 saturated carbocycles. The van der Waals surface area contributed by atoms with Crippen molar-refractivity contribution in [2.24, 2.45) is 5.92 Å². The minimum atomic E-state index is -5.20. The number of hydrogen-bond donors (Lipinski definition) is 2. The van der Waals surface area contributed by atoms with E-state index in [2.05, 4.69) is 0 Å². The Morgan fingerprint density at radius 1 is 1.19 bits per heavy atom. The average Bonchev–Trinajstić information content (AvgIpc) is 2.78. The standard InChI is InChI=1S/C17H20F3N3O3/c1-10(2)9-13(24)21-16(17(18,19)20)14(25)23(15(26)22-16)11(3)12-7-5-4-6-8-12/h4-8,10-11H,9H2,1-3H3,(H,21,24)(H,22,26)/t11-,16-/m0/s1. The van der Waals surface area contributed by atoms with Gasteiger partial charge in [0, 0.05) is 6.42 Å². The predicted octanol–water partition coefficient (Wildman–Crippen LogP) is 2.72. The third-order valence-corrected chi connectivity index (χ3v) is 4.07. The Balaban J connectivity index is 2.38. The van der Waals surface area contributed by atoms with Gasteiger partial charge >= 0.3 is 12.2 Å². The summed E-state index contributed by atoms with van der Waals surface area (Å²) in [5.74, 6) is -2.74. The van der Waals surface area contributed by atoms with E-state index in [0.717, 1.165) is 0 Å². The Morgan fingerprint density at radius 3 is 2.27 bits per heavy atom.